The van der Waals surface area contributed by atoms with Crippen LogP contribution in [0.1, 0.15) is 23.2 Å². The van der Waals surface area contributed by atoms with Gasteiger partial charge in [0, 0.05) is 12.2 Å². The number of hydrogen-bond donors (Lipinski definition) is 2. The number of hydrogen-bond acceptors (Lipinski definition) is 6. The second-order valence-corrected chi connectivity index (χ2v) is 5.88. The van der Waals surface area contributed by atoms with Crippen molar-refractivity contribution in [1.82, 2.24) is 15.0 Å². The first kappa shape index (κ1) is 18.2. The molecular weight excluding hydrogens is 375 g/mol. The molecule has 1 aliphatic rings. The molecule has 2 heterocycles. The van der Waals surface area contributed by atoms with Gasteiger partial charge in [-0.3, -0.25) is 4.79 Å². The Hall–Kier alpha value is -2.62. The van der Waals surface area contributed by atoms with Gasteiger partial charge in [-0.2, -0.15) is 13.2 Å². The van der Waals surface area contributed by atoms with Crippen molar-refractivity contribution in [1.29, 1.82) is 0 Å². The van der Waals surface area contributed by atoms with Crippen LogP contribution in [0.4, 0.5) is 24.7 Å². The zero-order chi connectivity index (χ0) is 18.7. The van der Waals surface area contributed by atoms with E-state index in [0.717, 1.165) is 12.8 Å². The number of anilines is 2. The molecule has 1 aliphatic carbocycles. The summed E-state index contributed by atoms with van der Waals surface area (Å²) in [4.78, 5) is 24.0. The fourth-order valence-electron chi connectivity index (χ4n) is 2.02. The van der Waals surface area contributed by atoms with Crippen LogP contribution in [0.25, 0.3) is 0 Å². The van der Waals surface area contributed by atoms with Crippen LogP contribution in [0, 0.1) is 0 Å². The molecular formula is C15H13ClF3N5O2. The van der Waals surface area contributed by atoms with Crippen molar-refractivity contribution in [3.63, 3.8) is 0 Å². The molecule has 11 heteroatoms. The van der Waals surface area contributed by atoms with Gasteiger partial charge in [-0.05, 0) is 25.0 Å². The summed E-state index contributed by atoms with van der Waals surface area (Å²) in [7, 11) is 0. The molecule has 0 unspecified atom stereocenters. The number of alkyl halides is 3. The van der Waals surface area contributed by atoms with Gasteiger partial charge >= 0.3 is 6.18 Å². The minimum absolute atomic E-state index is 0.00171. The summed E-state index contributed by atoms with van der Waals surface area (Å²) in [6, 6.07) is 2.93. The molecule has 0 aromatic carbocycles. The van der Waals surface area contributed by atoms with Gasteiger partial charge < -0.3 is 15.4 Å². The molecule has 0 bridgehead atoms. The molecule has 7 nitrogen and oxygen atoms in total. The van der Waals surface area contributed by atoms with Gasteiger partial charge in [0.25, 0.3) is 5.91 Å². The molecule has 0 radical (unpaired) electrons. The van der Waals surface area contributed by atoms with E-state index in [0.29, 0.717) is 5.82 Å². The molecule has 1 amide bonds. The lowest BCUT2D eigenvalue weighted by Gasteiger charge is -2.14. The Morgan fingerprint density at radius 1 is 1.31 bits per heavy atom. The highest BCUT2D eigenvalue weighted by Crippen LogP contribution is 2.32. The first-order chi connectivity index (χ1) is 12.3. The highest BCUT2D eigenvalue weighted by molar-refractivity contribution is 6.33. The molecule has 1 saturated carbocycles. The Kier molecular flexibility index (Phi) is 5.12. The number of halogens is 4. The maximum atomic E-state index is 12.5. The number of rotatable bonds is 6. The third-order valence-electron chi connectivity index (χ3n) is 3.35. The van der Waals surface area contributed by atoms with E-state index in [1.165, 1.54) is 24.7 Å². The smallest absolute Gasteiger partial charge is 0.422 e. The molecule has 0 saturated heterocycles. The molecule has 138 valence electrons. The largest absolute Gasteiger partial charge is 0.467 e. The van der Waals surface area contributed by atoms with E-state index in [9.17, 15) is 18.0 Å². The number of aromatic nitrogens is 3. The standard InChI is InChI=1S/C15H13ClF3N5O2/c16-11-10(12(22-7-21-11)23-8-3-4-8)24-13(25)9-2-1-5-20-14(9)26-6-15(17,18)19/h1-2,5,7-8H,3-4,6H2,(H,24,25)(H,21,22,23). The summed E-state index contributed by atoms with van der Waals surface area (Å²) in [5.74, 6) is -0.847. The normalized spacial score (nSPS) is 14.0. The minimum Gasteiger partial charge on any atom is -0.467 e. The molecule has 1 fully saturated rings. The van der Waals surface area contributed by atoms with Crippen molar-refractivity contribution < 1.29 is 22.7 Å². The Labute approximate surface area is 151 Å². The van der Waals surface area contributed by atoms with Crippen LogP contribution in [0.5, 0.6) is 5.88 Å². The second kappa shape index (κ2) is 7.32. The Bertz CT molecular complexity index is 814. The predicted molar refractivity (Wildman–Crippen MR) is 87.4 cm³/mol. The maximum absolute atomic E-state index is 12.5. The van der Waals surface area contributed by atoms with E-state index in [2.05, 4.69) is 30.3 Å². The Balaban J connectivity index is 1.80. The molecule has 2 aromatic rings. The van der Waals surface area contributed by atoms with E-state index >= 15 is 0 Å². The molecule has 3 rings (SSSR count). The molecule has 2 aromatic heterocycles. The van der Waals surface area contributed by atoms with E-state index in [1.54, 1.807) is 0 Å². The van der Waals surface area contributed by atoms with Crippen LogP contribution >= 0.6 is 11.6 Å². The summed E-state index contributed by atoms with van der Waals surface area (Å²) >= 11 is 6.02. The number of carbonyl (C=O) groups excluding carboxylic acids is 1. The summed E-state index contributed by atoms with van der Waals surface area (Å²) < 4.78 is 41.7. The van der Waals surface area contributed by atoms with Crippen LogP contribution in [-0.2, 0) is 0 Å². The van der Waals surface area contributed by atoms with Gasteiger partial charge in [0.05, 0.1) is 0 Å². The predicted octanol–water partition coefficient (Wildman–Crippen LogP) is 3.29. The Morgan fingerprint density at radius 2 is 2.08 bits per heavy atom. The van der Waals surface area contributed by atoms with Gasteiger partial charge in [-0.25, -0.2) is 15.0 Å². The van der Waals surface area contributed by atoms with Crippen molar-refractivity contribution in [2.24, 2.45) is 0 Å². The minimum atomic E-state index is -4.55. The topological polar surface area (TPSA) is 89.0 Å². The van der Waals surface area contributed by atoms with Crippen molar-refractivity contribution in [2.75, 3.05) is 17.2 Å². The average Bonchev–Trinajstić information content (AvgIpc) is 3.39. The van der Waals surface area contributed by atoms with Gasteiger partial charge in [0.15, 0.2) is 17.6 Å². The van der Waals surface area contributed by atoms with Gasteiger partial charge in [-0.15, -0.1) is 0 Å². The first-order valence-electron chi connectivity index (χ1n) is 7.56. The average molecular weight is 388 g/mol. The van der Waals surface area contributed by atoms with Gasteiger partial charge in [0.1, 0.15) is 17.6 Å². The van der Waals surface area contributed by atoms with E-state index in [-0.39, 0.29) is 22.4 Å². The van der Waals surface area contributed by atoms with Crippen LogP contribution in [-0.4, -0.2) is 39.7 Å². The summed E-state index contributed by atoms with van der Waals surface area (Å²) in [6.45, 7) is -1.56. The number of ether oxygens (including phenoxy) is 1. The summed E-state index contributed by atoms with van der Waals surface area (Å²) in [5.41, 5.74) is -0.0364. The SMILES string of the molecule is O=C(Nc1c(Cl)ncnc1NC1CC1)c1cccnc1OCC(F)(F)F. The van der Waals surface area contributed by atoms with Crippen molar-refractivity contribution in [3.8, 4) is 5.88 Å². The first-order valence-corrected chi connectivity index (χ1v) is 7.94. The summed E-state index contributed by atoms with van der Waals surface area (Å²) in [5, 5.41) is 5.60. The quantitative estimate of drug-likeness (QED) is 0.739. The highest BCUT2D eigenvalue weighted by atomic mass is 35.5. The fourth-order valence-corrected chi connectivity index (χ4v) is 2.20. The second-order valence-electron chi connectivity index (χ2n) is 5.52. The van der Waals surface area contributed by atoms with E-state index in [1.807, 2.05) is 0 Å². The van der Waals surface area contributed by atoms with Crippen molar-refractivity contribution in [2.45, 2.75) is 25.1 Å². The molecule has 0 aliphatic heterocycles. The number of pyridine rings is 1. The van der Waals surface area contributed by atoms with Crippen LogP contribution in [0.15, 0.2) is 24.7 Å². The third kappa shape index (κ3) is 4.72. The lowest BCUT2D eigenvalue weighted by Crippen LogP contribution is -2.22. The van der Waals surface area contributed by atoms with Crippen molar-refractivity contribution in [3.05, 3.63) is 35.4 Å². The molecule has 2 N–H and O–H groups in total. The summed E-state index contributed by atoms with van der Waals surface area (Å²) in [6.07, 6.45) is -0.158. The van der Waals surface area contributed by atoms with Gasteiger partial charge in [0.2, 0.25) is 5.88 Å². The lowest BCUT2D eigenvalue weighted by molar-refractivity contribution is -0.154. The van der Waals surface area contributed by atoms with Gasteiger partial charge in [-0.1, -0.05) is 11.6 Å². The van der Waals surface area contributed by atoms with E-state index < -0.39 is 24.6 Å². The third-order valence-corrected chi connectivity index (χ3v) is 3.63. The number of nitrogens with zero attached hydrogens (tertiary/aromatic N) is 3. The van der Waals surface area contributed by atoms with E-state index in [4.69, 9.17) is 11.6 Å². The maximum Gasteiger partial charge on any atom is 0.422 e. The molecule has 0 spiro atoms. The number of amides is 1. The number of carbonyl (C=O) groups is 1. The number of nitrogens with one attached hydrogen (secondary N) is 2. The van der Waals surface area contributed by atoms with Crippen LogP contribution < -0.4 is 15.4 Å². The van der Waals surface area contributed by atoms with Crippen LogP contribution in [0.3, 0.4) is 0 Å². The Morgan fingerprint density at radius 3 is 2.77 bits per heavy atom. The fraction of sp³-hybridized carbons (Fsp3) is 0.333. The highest BCUT2D eigenvalue weighted by Gasteiger charge is 2.30. The molecule has 26 heavy (non-hydrogen) atoms. The van der Waals surface area contributed by atoms with Crippen molar-refractivity contribution >= 4 is 29.0 Å². The molecule has 0 atom stereocenters. The lowest BCUT2D eigenvalue weighted by atomic mass is 10.2. The zero-order valence-electron chi connectivity index (χ0n) is 13.2. The zero-order valence-corrected chi connectivity index (χ0v) is 13.9. The van der Waals surface area contributed by atoms with Crippen LogP contribution in [0.2, 0.25) is 5.15 Å². The monoisotopic (exact) mass is 387 g/mol.